The number of hydrogen-bond acceptors (Lipinski definition) is 4. The highest BCUT2D eigenvalue weighted by atomic mass is 35.5. The van der Waals surface area contributed by atoms with Crippen molar-refractivity contribution in [3.05, 3.63) is 24.0 Å². The van der Waals surface area contributed by atoms with Gasteiger partial charge in [0.2, 0.25) is 0 Å². The molecule has 0 aliphatic rings. The van der Waals surface area contributed by atoms with Gasteiger partial charge in [-0.2, -0.15) is 0 Å². The summed E-state index contributed by atoms with van der Waals surface area (Å²) in [7, 11) is 0. The number of hydrogen-bond donors (Lipinski definition) is 3. The molecule has 8 heteroatoms. The van der Waals surface area contributed by atoms with Crippen LogP contribution in [0.2, 0.25) is 0 Å². The van der Waals surface area contributed by atoms with Crippen LogP contribution in [0, 0.1) is 0 Å². The Hall–Kier alpha value is -1.73. The van der Waals surface area contributed by atoms with Gasteiger partial charge in [-0.25, -0.2) is 4.79 Å². The Morgan fingerprint density at radius 2 is 2.11 bits per heavy atom. The summed E-state index contributed by atoms with van der Waals surface area (Å²) >= 11 is 0. The molecule has 0 amide bonds. The van der Waals surface area contributed by atoms with Crippen LogP contribution in [-0.2, 0) is 11.3 Å². The van der Waals surface area contributed by atoms with Crippen molar-refractivity contribution in [2.75, 3.05) is 0 Å². The summed E-state index contributed by atoms with van der Waals surface area (Å²) in [6.45, 7) is 0.501. The van der Waals surface area contributed by atoms with Gasteiger partial charge in [0, 0.05) is 12.5 Å². The van der Waals surface area contributed by atoms with Gasteiger partial charge in [0.25, 0.3) is 0 Å². The van der Waals surface area contributed by atoms with E-state index in [9.17, 15) is 9.59 Å². The molecule has 4 N–H and O–H groups in total. The SMILES string of the molecule is N[C@@H](CCC[n+]1ccc(C(=O)O)cn1)C(=O)O.[Cl-]. The van der Waals surface area contributed by atoms with E-state index in [1.54, 1.807) is 4.68 Å². The Balaban J connectivity index is 0.00000289. The summed E-state index contributed by atoms with van der Waals surface area (Å²) in [4.78, 5) is 21.0. The lowest BCUT2D eigenvalue weighted by Crippen LogP contribution is -3.00. The van der Waals surface area contributed by atoms with Crippen LogP contribution in [0.15, 0.2) is 18.5 Å². The molecule has 0 spiro atoms. The van der Waals surface area contributed by atoms with Crippen LogP contribution in [0.4, 0.5) is 0 Å². The maximum Gasteiger partial charge on any atom is 0.337 e. The Labute approximate surface area is 110 Å². The van der Waals surface area contributed by atoms with E-state index < -0.39 is 18.0 Å². The van der Waals surface area contributed by atoms with Crippen LogP contribution in [0.1, 0.15) is 23.2 Å². The topological polar surface area (TPSA) is 117 Å². The second kappa shape index (κ2) is 7.57. The molecule has 1 atom stereocenters. The maximum absolute atomic E-state index is 10.6. The van der Waals surface area contributed by atoms with Crippen molar-refractivity contribution in [1.82, 2.24) is 5.10 Å². The third-order valence-electron chi connectivity index (χ3n) is 2.24. The van der Waals surface area contributed by atoms with Gasteiger partial charge in [0.1, 0.15) is 12.2 Å². The first kappa shape index (κ1) is 16.3. The molecule has 0 saturated heterocycles. The Bertz CT molecular complexity index is 410. The molecule has 0 aliphatic carbocycles. The first-order chi connectivity index (χ1) is 8.00. The number of aromatic nitrogens is 2. The number of nitrogens with zero attached hydrogens (tertiary/aromatic N) is 2. The van der Waals surface area contributed by atoms with E-state index >= 15 is 0 Å². The highest BCUT2D eigenvalue weighted by Crippen LogP contribution is 1.95. The van der Waals surface area contributed by atoms with Crippen LogP contribution in [0.3, 0.4) is 0 Å². The van der Waals surface area contributed by atoms with Crippen LogP contribution in [-0.4, -0.2) is 33.3 Å². The second-order valence-corrected chi connectivity index (χ2v) is 3.57. The monoisotopic (exact) mass is 275 g/mol. The molecule has 1 aromatic heterocycles. The number of carboxylic acid groups (broad SMARTS) is 2. The zero-order chi connectivity index (χ0) is 12.8. The number of rotatable bonds is 6. The summed E-state index contributed by atoms with van der Waals surface area (Å²) < 4.78 is 1.54. The lowest BCUT2D eigenvalue weighted by atomic mass is 10.2. The van der Waals surface area contributed by atoms with E-state index in [0.717, 1.165) is 0 Å². The Morgan fingerprint density at radius 3 is 2.56 bits per heavy atom. The van der Waals surface area contributed by atoms with Crippen molar-refractivity contribution in [3.8, 4) is 0 Å². The summed E-state index contributed by atoms with van der Waals surface area (Å²) in [6.07, 6.45) is 3.71. The molecule has 1 heterocycles. The van der Waals surface area contributed by atoms with Gasteiger partial charge in [-0.3, -0.25) is 4.79 Å². The number of aryl methyl sites for hydroxylation is 1. The number of halogens is 1. The van der Waals surface area contributed by atoms with Gasteiger partial charge < -0.3 is 28.4 Å². The molecular formula is C10H14ClN3O4. The second-order valence-electron chi connectivity index (χ2n) is 3.57. The van der Waals surface area contributed by atoms with Gasteiger partial charge in [-0.15, -0.1) is 0 Å². The predicted octanol–water partition coefficient (Wildman–Crippen LogP) is -3.74. The molecule has 0 fully saturated rings. The fourth-order valence-corrected chi connectivity index (χ4v) is 1.24. The third-order valence-corrected chi connectivity index (χ3v) is 2.24. The molecule has 0 unspecified atom stereocenters. The Kier molecular flexibility index (Phi) is 6.84. The van der Waals surface area contributed by atoms with Crippen molar-refractivity contribution < 1.29 is 36.9 Å². The van der Waals surface area contributed by atoms with Crippen molar-refractivity contribution in [3.63, 3.8) is 0 Å². The summed E-state index contributed by atoms with van der Waals surface area (Å²) in [5, 5.41) is 21.1. The van der Waals surface area contributed by atoms with Crippen molar-refractivity contribution in [1.29, 1.82) is 0 Å². The fraction of sp³-hybridized carbons (Fsp3) is 0.400. The number of carbonyl (C=O) groups is 2. The molecule has 0 aromatic carbocycles. The Morgan fingerprint density at radius 1 is 1.44 bits per heavy atom. The van der Waals surface area contributed by atoms with E-state index in [2.05, 4.69) is 5.10 Å². The smallest absolute Gasteiger partial charge is 0.337 e. The van der Waals surface area contributed by atoms with Gasteiger partial charge in [-0.05, 0) is 11.5 Å². The highest BCUT2D eigenvalue weighted by Gasteiger charge is 2.13. The number of aliphatic carboxylic acids is 1. The van der Waals surface area contributed by atoms with E-state index in [0.29, 0.717) is 19.4 Å². The summed E-state index contributed by atoms with van der Waals surface area (Å²) in [5.74, 6) is -2.05. The van der Waals surface area contributed by atoms with Crippen LogP contribution >= 0.6 is 0 Å². The molecule has 0 radical (unpaired) electrons. The van der Waals surface area contributed by atoms with Crippen molar-refractivity contribution in [2.45, 2.75) is 25.4 Å². The molecule has 0 bridgehead atoms. The number of aromatic carboxylic acids is 1. The summed E-state index contributed by atoms with van der Waals surface area (Å²) in [5.41, 5.74) is 5.45. The van der Waals surface area contributed by atoms with Crippen molar-refractivity contribution >= 4 is 11.9 Å². The lowest BCUT2D eigenvalue weighted by Gasteiger charge is -2.02. The van der Waals surface area contributed by atoms with Gasteiger partial charge in [0.05, 0.1) is 5.56 Å². The lowest BCUT2D eigenvalue weighted by molar-refractivity contribution is -0.754. The first-order valence-electron chi connectivity index (χ1n) is 5.08. The minimum absolute atomic E-state index is 0. The molecule has 0 saturated carbocycles. The largest absolute Gasteiger partial charge is 1.00 e. The van der Waals surface area contributed by atoms with Crippen LogP contribution < -0.4 is 22.8 Å². The van der Waals surface area contributed by atoms with Gasteiger partial charge in [0.15, 0.2) is 12.7 Å². The van der Waals surface area contributed by atoms with E-state index in [1.165, 1.54) is 18.5 Å². The zero-order valence-electron chi connectivity index (χ0n) is 9.49. The number of nitrogens with two attached hydrogens (primary N) is 1. The molecule has 1 aromatic rings. The van der Waals surface area contributed by atoms with E-state index in [4.69, 9.17) is 15.9 Å². The minimum Gasteiger partial charge on any atom is -1.00 e. The molecule has 100 valence electrons. The minimum atomic E-state index is -1.03. The van der Waals surface area contributed by atoms with Crippen LogP contribution in [0.5, 0.6) is 0 Å². The van der Waals surface area contributed by atoms with Crippen LogP contribution in [0.25, 0.3) is 0 Å². The molecule has 0 aliphatic heterocycles. The van der Waals surface area contributed by atoms with E-state index in [-0.39, 0.29) is 18.0 Å². The maximum atomic E-state index is 10.6. The summed E-state index contributed by atoms with van der Waals surface area (Å²) in [6, 6.07) is 0.570. The molecule has 1 rings (SSSR count). The third kappa shape index (κ3) is 5.07. The molecular weight excluding hydrogens is 262 g/mol. The zero-order valence-corrected chi connectivity index (χ0v) is 10.2. The molecule has 18 heavy (non-hydrogen) atoms. The standard InChI is InChI=1S/C10H13N3O4.ClH/c11-8(10(16)17)2-1-4-13-5-3-7(6-12-13)9(14)15;/h3,5-6,8H,1-2,4,11H2,(H-,14,15,16,17);1H/t8-;/m0./s1. The average molecular weight is 276 g/mol. The van der Waals surface area contributed by atoms with Gasteiger partial charge in [-0.1, -0.05) is 4.68 Å². The first-order valence-corrected chi connectivity index (χ1v) is 5.08. The van der Waals surface area contributed by atoms with E-state index in [1.807, 2.05) is 0 Å². The van der Waals surface area contributed by atoms with Crippen molar-refractivity contribution in [2.24, 2.45) is 5.73 Å². The quantitative estimate of drug-likeness (QED) is 0.459. The highest BCUT2D eigenvalue weighted by molar-refractivity contribution is 5.86. The number of carboxylic acids is 2. The van der Waals surface area contributed by atoms with Gasteiger partial charge >= 0.3 is 11.9 Å². The normalized spacial score (nSPS) is 11.4. The average Bonchev–Trinajstić information content (AvgIpc) is 2.29. The fourth-order valence-electron chi connectivity index (χ4n) is 1.24. The predicted molar refractivity (Wildman–Crippen MR) is 56.2 cm³/mol. The molecule has 7 nitrogen and oxygen atoms in total.